The molecule has 2 nitrogen and oxygen atoms in total. The number of carbonyl (C=O) groups is 1. The SMILES string of the molecule is Cc1cc(CC=O)c2ccccc2n1. The summed E-state index contributed by atoms with van der Waals surface area (Å²) in [6.07, 6.45) is 1.39. The van der Waals surface area contributed by atoms with Crippen LogP contribution < -0.4 is 0 Å². The van der Waals surface area contributed by atoms with E-state index in [1.165, 1.54) is 0 Å². The van der Waals surface area contributed by atoms with Crippen molar-refractivity contribution in [2.45, 2.75) is 13.3 Å². The van der Waals surface area contributed by atoms with Crippen LogP contribution in [0.3, 0.4) is 0 Å². The molecule has 70 valence electrons. The van der Waals surface area contributed by atoms with Crippen LogP contribution in [-0.2, 0) is 11.2 Å². The van der Waals surface area contributed by atoms with Crippen LogP contribution in [0.15, 0.2) is 30.3 Å². The summed E-state index contributed by atoms with van der Waals surface area (Å²) in [7, 11) is 0. The van der Waals surface area contributed by atoms with E-state index in [0.717, 1.165) is 28.4 Å². The number of rotatable bonds is 2. The molecule has 0 fully saturated rings. The number of aromatic nitrogens is 1. The zero-order valence-electron chi connectivity index (χ0n) is 8.03. The standard InChI is InChI=1S/C12H11NO/c1-9-8-10(6-7-14)11-4-2-3-5-12(11)13-9/h2-5,7-8H,6H2,1H3. The molecule has 1 heterocycles. The molecule has 0 N–H and O–H groups in total. The molecule has 0 atom stereocenters. The average molecular weight is 185 g/mol. The van der Waals surface area contributed by atoms with Crippen molar-refractivity contribution in [2.24, 2.45) is 0 Å². The molecule has 0 bridgehead atoms. The van der Waals surface area contributed by atoms with Crippen molar-refractivity contribution in [1.82, 2.24) is 4.98 Å². The van der Waals surface area contributed by atoms with Crippen LogP contribution in [0.1, 0.15) is 11.3 Å². The van der Waals surface area contributed by atoms with Crippen LogP contribution in [0.5, 0.6) is 0 Å². The van der Waals surface area contributed by atoms with Gasteiger partial charge in [0, 0.05) is 17.5 Å². The van der Waals surface area contributed by atoms with Gasteiger partial charge in [0.2, 0.25) is 0 Å². The Kier molecular flexibility index (Phi) is 2.27. The monoisotopic (exact) mass is 185 g/mol. The quantitative estimate of drug-likeness (QED) is 0.672. The third kappa shape index (κ3) is 1.51. The predicted molar refractivity (Wildman–Crippen MR) is 56.2 cm³/mol. The lowest BCUT2D eigenvalue weighted by Crippen LogP contribution is -1.92. The van der Waals surface area contributed by atoms with Crippen molar-refractivity contribution in [3.8, 4) is 0 Å². The summed E-state index contributed by atoms with van der Waals surface area (Å²) in [5.41, 5.74) is 2.98. The Morgan fingerprint density at radius 3 is 2.93 bits per heavy atom. The van der Waals surface area contributed by atoms with E-state index in [0.29, 0.717) is 6.42 Å². The molecule has 2 heteroatoms. The van der Waals surface area contributed by atoms with Gasteiger partial charge in [-0.05, 0) is 24.6 Å². The fourth-order valence-corrected chi connectivity index (χ4v) is 1.65. The van der Waals surface area contributed by atoms with Gasteiger partial charge in [-0.2, -0.15) is 0 Å². The maximum atomic E-state index is 10.5. The Morgan fingerprint density at radius 2 is 2.14 bits per heavy atom. The highest BCUT2D eigenvalue weighted by Crippen LogP contribution is 2.17. The van der Waals surface area contributed by atoms with Crippen LogP contribution in [0, 0.1) is 6.92 Å². The van der Waals surface area contributed by atoms with Crippen LogP contribution in [-0.4, -0.2) is 11.3 Å². The van der Waals surface area contributed by atoms with Crippen LogP contribution >= 0.6 is 0 Å². The lowest BCUT2D eigenvalue weighted by Gasteiger charge is -2.04. The molecule has 0 aliphatic rings. The van der Waals surface area contributed by atoms with Gasteiger partial charge in [0.05, 0.1) is 5.52 Å². The maximum Gasteiger partial charge on any atom is 0.124 e. The number of hydrogen-bond donors (Lipinski definition) is 0. The van der Waals surface area contributed by atoms with Gasteiger partial charge in [-0.25, -0.2) is 0 Å². The van der Waals surface area contributed by atoms with Gasteiger partial charge in [0.1, 0.15) is 6.29 Å². The summed E-state index contributed by atoms with van der Waals surface area (Å²) in [4.78, 5) is 14.9. The minimum atomic E-state index is 0.462. The summed E-state index contributed by atoms with van der Waals surface area (Å²) >= 11 is 0. The first-order chi connectivity index (χ1) is 6.81. The van der Waals surface area contributed by atoms with Crippen LogP contribution in [0.4, 0.5) is 0 Å². The zero-order valence-corrected chi connectivity index (χ0v) is 8.03. The normalized spacial score (nSPS) is 10.4. The molecule has 0 saturated heterocycles. The van der Waals surface area contributed by atoms with Crippen molar-refractivity contribution in [3.05, 3.63) is 41.6 Å². The third-order valence-corrected chi connectivity index (χ3v) is 2.23. The molecule has 2 aromatic rings. The van der Waals surface area contributed by atoms with E-state index in [2.05, 4.69) is 4.98 Å². The van der Waals surface area contributed by atoms with Crippen LogP contribution in [0.25, 0.3) is 10.9 Å². The highest BCUT2D eigenvalue weighted by molar-refractivity contribution is 5.84. The Bertz CT molecular complexity index is 477. The number of hydrogen-bond acceptors (Lipinski definition) is 2. The van der Waals surface area contributed by atoms with E-state index in [4.69, 9.17) is 0 Å². The predicted octanol–water partition coefficient (Wildman–Crippen LogP) is 2.28. The molecule has 0 amide bonds. The molecule has 0 unspecified atom stereocenters. The topological polar surface area (TPSA) is 30.0 Å². The molecule has 0 spiro atoms. The fourth-order valence-electron chi connectivity index (χ4n) is 1.65. The van der Waals surface area contributed by atoms with Gasteiger partial charge in [0.25, 0.3) is 0 Å². The molecule has 0 radical (unpaired) electrons. The van der Waals surface area contributed by atoms with Gasteiger partial charge in [0.15, 0.2) is 0 Å². The second-order valence-electron chi connectivity index (χ2n) is 3.31. The Labute approximate surface area is 82.6 Å². The minimum absolute atomic E-state index is 0.462. The largest absolute Gasteiger partial charge is 0.303 e. The smallest absolute Gasteiger partial charge is 0.124 e. The summed E-state index contributed by atoms with van der Waals surface area (Å²) < 4.78 is 0. The van der Waals surface area contributed by atoms with E-state index >= 15 is 0 Å². The van der Waals surface area contributed by atoms with E-state index in [1.54, 1.807) is 0 Å². The Morgan fingerprint density at radius 1 is 1.36 bits per heavy atom. The summed E-state index contributed by atoms with van der Waals surface area (Å²) in [6.45, 7) is 1.95. The van der Waals surface area contributed by atoms with Crippen molar-refractivity contribution in [2.75, 3.05) is 0 Å². The summed E-state index contributed by atoms with van der Waals surface area (Å²) in [5.74, 6) is 0. The lowest BCUT2D eigenvalue weighted by molar-refractivity contribution is -0.107. The molecule has 0 aliphatic heterocycles. The number of para-hydroxylation sites is 1. The Balaban J connectivity index is 2.73. The van der Waals surface area contributed by atoms with E-state index in [-0.39, 0.29) is 0 Å². The third-order valence-electron chi connectivity index (χ3n) is 2.23. The van der Waals surface area contributed by atoms with E-state index in [1.807, 2.05) is 37.3 Å². The van der Waals surface area contributed by atoms with Crippen molar-refractivity contribution >= 4 is 17.2 Å². The molecule has 2 rings (SSSR count). The second kappa shape index (κ2) is 3.58. The van der Waals surface area contributed by atoms with E-state index < -0.39 is 0 Å². The second-order valence-corrected chi connectivity index (χ2v) is 3.31. The van der Waals surface area contributed by atoms with Gasteiger partial charge in [-0.3, -0.25) is 4.98 Å². The number of benzene rings is 1. The van der Waals surface area contributed by atoms with Crippen molar-refractivity contribution in [3.63, 3.8) is 0 Å². The van der Waals surface area contributed by atoms with Crippen LogP contribution in [0.2, 0.25) is 0 Å². The number of fused-ring (bicyclic) bond motifs is 1. The van der Waals surface area contributed by atoms with Crippen molar-refractivity contribution in [1.29, 1.82) is 0 Å². The molecular formula is C12H11NO. The highest BCUT2D eigenvalue weighted by Gasteiger charge is 2.01. The number of carbonyl (C=O) groups excluding carboxylic acids is 1. The zero-order chi connectivity index (χ0) is 9.97. The average Bonchev–Trinajstić information content (AvgIpc) is 2.18. The van der Waals surface area contributed by atoms with Crippen molar-refractivity contribution < 1.29 is 4.79 Å². The first-order valence-corrected chi connectivity index (χ1v) is 4.60. The first kappa shape index (κ1) is 8.88. The molecule has 0 saturated carbocycles. The van der Waals surface area contributed by atoms with Gasteiger partial charge < -0.3 is 4.79 Å². The fraction of sp³-hybridized carbons (Fsp3) is 0.167. The molecule has 0 aliphatic carbocycles. The molecular weight excluding hydrogens is 174 g/mol. The summed E-state index contributed by atoms with van der Waals surface area (Å²) in [6, 6.07) is 9.86. The lowest BCUT2D eigenvalue weighted by atomic mass is 10.1. The van der Waals surface area contributed by atoms with Gasteiger partial charge in [-0.1, -0.05) is 18.2 Å². The maximum absolute atomic E-state index is 10.5. The van der Waals surface area contributed by atoms with Gasteiger partial charge in [-0.15, -0.1) is 0 Å². The van der Waals surface area contributed by atoms with E-state index in [9.17, 15) is 4.79 Å². The molecule has 1 aromatic carbocycles. The number of nitrogens with zero attached hydrogens (tertiary/aromatic N) is 1. The number of aldehydes is 1. The number of pyridine rings is 1. The minimum Gasteiger partial charge on any atom is -0.303 e. The molecule has 14 heavy (non-hydrogen) atoms. The number of aryl methyl sites for hydroxylation is 1. The van der Waals surface area contributed by atoms with Gasteiger partial charge >= 0.3 is 0 Å². The first-order valence-electron chi connectivity index (χ1n) is 4.60. The Hall–Kier alpha value is -1.70. The molecule has 1 aromatic heterocycles. The summed E-state index contributed by atoms with van der Waals surface area (Å²) in [5, 5.41) is 1.07. The highest BCUT2D eigenvalue weighted by atomic mass is 16.1.